The summed E-state index contributed by atoms with van der Waals surface area (Å²) in [5.74, 6) is 0. The highest BCUT2D eigenvalue weighted by atomic mass is 35.5. The first kappa shape index (κ1) is 25.6. The van der Waals surface area contributed by atoms with Gasteiger partial charge in [-0.1, -0.05) is 43.7 Å². The molecule has 0 spiro atoms. The van der Waals surface area contributed by atoms with Crippen molar-refractivity contribution in [2.75, 3.05) is 24.1 Å². The molecule has 0 bridgehead atoms. The number of carboxylic acid groups (broad SMARTS) is 1. The van der Waals surface area contributed by atoms with E-state index in [2.05, 4.69) is 5.32 Å². The number of alkyl halides is 3. The Kier molecular flexibility index (Phi) is 10.2. The van der Waals surface area contributed by atoms with E-state index in [4.69, 9.17) is 22.4 Å². The molecule has 1 heterocycles. The second kappa shape index (κ2) is 12.4. The highest BCUT2D eigenvalue weighted by Gasteiger charge is 2.27. The normalized spacial score (nSPS) is 19.4. The third-order valence-electron chi connectivity index (χ3n) is 5.88. The highest BCUT2D eigenvalue weighted by molar-refractivity contribution is 6.31. The van der Waals surface area contributed by atoms with Gasteiger partial charge in [0, 0.05) is 30.3 Å². The number of amides is 1. The van der Waals surface area contributed by atoms with Crippen molar-refractivity contribution in [3.05, 3.63) is 22.7 Å². The third kappa shape index (κ3) is 9.56. The Bertz CT molecular complexity index is 708. The molecule has 0 unspecified atom stereocenters. The van der Waals surface area contributed by atoms with Crippen molar-refractivity contribution < 1.29 is 28.0 Å². The highest BCUT2D eigenvalue weighted by Crippen LogP contribution is 2.30. The summed E-state index contributed by atoms with van der Waals surface area (Å²) < 4.78 is 36.3. The molecular weight excluding hydrogens is 431 g/mol. The molecule has 1 amide bonds. The van der Waals surface area contributed by atoms with Crippen LogP contribution in [0.2, 0.25) is 5.02 Å². The van der Waals surface area contributed by atoms with Crippen LogP contribution in [0.15, 0.2) is 12.1 Å². The summed E-state index contributed by atoms with van der Waals surface area (Å²) in [6.07, 6.45) is 2.46. The fourth-order valence-corrected chi connectivity index (χ4v) is 4.28. The van der Waals surface area contributed by atoms with Crippen LogP contribution in [-0.4, -0.2) is 36.5 Å². The topological polar surface area (TPSA) is 79.8 Å². The third-order valence-corrected chi connectivity index (χ3v) is 6.23. The lowest BCUT2D eigenvalue weighted by Gasteiger charge is -2.27. The number of piperidine rings is 1. The number of rotatable bonds is 11. The van der Waals surface area contributed by atoms with Gasteiger partial charge in [-0.15, -0.1) is 0 Å². The van der Waals surface area contributed by atoms with Gasteiger partial charge in [-0.05, 0) is 37.0 Å². The van der Waals surface area contributed by atoms with Crippen LogP contribution in [0.1, 0.15) is 69.8 Å². The molecule has 5 N–H and O–H groups in total. The van der Waals surface area contributed by atoms with Gasteiger partial charge in [-0.25, -0.2) is 4.90 Å². The molecule has 0 atom stereocenters. The van der Waals surface area contributed by atoms with Crippen LogP contribution in [0.3, 0.4) is 0 Å². The SMILES string of the molecule is Nc1cc(CCCCCCCCCC(F)(F)F)c(Cl)cc1NC1CC[NH+](C(=O)O)CC1. The first-order valence-electron chi connectivity index (χ1n) is 11.1. The average Bonchev–Trinajstić information content (AvgIpc) is 2.69. The van der Waals surface area contributed by atoms with E-state index in [0.717, 1.165) is 62.6 Å². The molecule has 1 aliphatic rings. The molecule has 31 heavy (non-hydrogen) atoms. The molecule has 176 valence electrons. The van der Waals surface area contributed by atoms with E-state index in [1.807, 2.05) is 12.1 Å². The van der Waals surface area contributed by atoms with E-state index >= 15 is 0 Å². The number of nitrogens with two attached hydrogens (primary N) is 1. The smallest absolute Gasteiger partial charge is 0.435 e. The quantitative estimate of drug-likeness (QED) is 0.265. The Labute approximate surface area is 187 Å². The molecule has 1 aliphatic heterocycles. The predicted molar refractivity (Wildman–Crippen MR) is 118 cm³/mol. The Balaban J connectivity index is 1.67. The second-order valence-corrected chi connectivity index (χ2v) is 8.86. The van der Waals surface area contributed by atoms with Crippen LogP contribution in [0, 0.1) is 0 Å². The maximum Gasteiger partial charge on any atom is 0.511 e. The van der Waals surface area contributed by atoms with Crippen molar-refractivity contribution >= 4 is 29.1 Å². The van der Waals surface area contributed by atoms with E-state index in [0.29, 0.717) is 35.1 Å². The van der Waals surface area contributed by atoms with Gasteiger partial charge in [0.1, 0.15) is 0 Å². The Morgan fingerprint density at radius 3 is 2.26 bits per heavy atom. The summed E-state index contributed by atoms with van der Waals surface area (Å²) >= 11 is 6.45. The minimum absolute atomic E-state index is 0.184. The van der Waals surface area contributed by atoms with Gasteiger partial charge in [-0.3, -0.25) is 0 Å². The largest absolute Gasteiger partial charge is 0.511 e. The number of likely N-dealkylation sites (tertiary alicyclic amines) is 1. The van der Waals surface area contributed by atoms with Crippen molar-refractivity contribution in [2.45, 2.75) is 82.8 Å². The van der Waals surface area contributed by atoms with Crippen molar-refractivity contribution in [3.63, 3.8) is 0 Å². The number of hydrogen-bond donors (Lipinski definition) is 4. The van der Waals surface area contributed by atoms with Crippen molar-refractivity contribution in [2.24, 2.45) is 0 Å². The number of nitrogens with one attached hydrogen (secondary N) is 2. The van der Waals surface area contributed by atoms with Crippen LogP contribution in [-0.2, 0) is 6.42 Å². The summed E-state index contributed by atoms with van der Waals surface area (Å²) in [5, 5.41) is 13.1. The first-order valence-corrected chi connectivity index (χ1v) is 11.5. The average molecular weight is 465 g/mol. The number of carbonyl (C=O) groups is 1. The van der Waals surface area contributed by atoms with Gasteiger partial charge in [0.25, 0.3) is 0 Å². The Morgan fingerprint density at radius 1 is 1.10 bits per heavy atom. The number of hydrogen-bond acceptors (Lipinski definition) is 3. The standard InChI is InChI=1S/C22H33ClF3N3O2/c23-18-15-20(28-17-9-12-29(13-10-17)21(30)31)19(27)14-16(18)8-6-4-2-1-3-5-7-11-22(24,25)26/h14-15,17,28H,1-13,27H2,(H,30,31)/p+1. The lowest BCUT2D eigenvalue weighted by molar-refractivity contribution is -0.829. The fourth-order valence-electron chi connectivity index (χ4n) is 4.02. The summed E-state index contributed by atoms with van der Waals surface area (Å²) in [6.45, 7) is 1.17. The maximum atomic E-state index is 12.1. The summed E-state index contributed by atoms with van der Waals surface area (Å²) in [6, 6.07) is 3.94. The number of benzene rings is 1. The molecule has 5 nitrogen and oxygen atoms in total. The zero-order valence-corrected chi connectivity index (χ0v) is 18.6. The maximum absolute atomic E-state index is 12.1. The van der Waals surface area contributed by atoms with Crippen LogP contribution < -0.4 is 16.0 Å². The molecule has 9 heteroatoms. The van der Waals surface area contributed by atoms with E-state index in [9.17, 15) is 18.0 Å². The molecule has 0 aliphatic carbocycles. The van der Waals surface area contributed by atoms with Crippen LogP contribution in [0.25, 0.3) is 0 Å². The zero-order chi connectivity index (χ0) is 22.9. The van der Waals surface area contributed by atoms with Gasteiger partial charge >= 0.3 is 12.3 Å². The number of unbranched alkanes of at least 4 members (excludes halogenated alkanes) is 6. The molecule has 0 saturated carbocycles. The predicted octanol–water partition coefficient (Wildman–Crippen LogP) is 5.29. The number of halogens is 4. The van der Waals surface area contributed by atoms with Gasteiger partial charge in [0.15, 0.2) is 0 Å². The molecule has 1 aromatic rings. The van der Waals surface area contributed by atoms with Crippen molar-refractivity contribution in [1.29, 1.82) is 0 Å². The lowest BCUT2D eigenvalue weighted by Crippen LogP contribution is -3.15. The summed E-state index contributed by atoms with van der Waals surface area (Å²) in [4.78, 5) is 11.6. The van der Waals surface area contributed by atoms with Gasteiger partial charge in [0.05, 0.1) is 24.5 Å². The summed E-state index contributed by atoms with van der Waals surface area (Å²) in [5.41, 5.74) is 8.64. The van der Waals surface area contributed by atoms with Gasteiger partial charge in [-0.2, -0.15) is 18.0 Å². The monoisotopic (exact) mass is 464 g/mol. The molecular formula is C22H34ClF3N3O2+. The first-order chi connectivity index (χ1) is 14.7. The Morgan fingerprint density at radius 2 is 1.68 bits per heavy atom. The van der Waals surface area contributed by atoms with Crippen LogP contribution in [0.5, 0.6) is 0 Å². The molecule has 1 saturated heterocycles. The number of nitrogen functional groups attached to an aromatic ring is 1. The van der Waals surface area contributed by atoms with Crippen molar-refractivity contribution in [3.8, 4) is 0 Å². The minimum atomic E-state index is -4.04. The van der Waals surface area contributed by atoms with E-state index in [1.54, 1.807) is 0 Å². The molecule has 1 aromatic carbocycles. The lowest BCUT2D eigenvalue weighted by atomic mass is 10.0. The van der Waals surface area contributed by atoms with Crippen LogP contribution >= 0.6 is 11.6 Å². The molecule has 0 radical (unpaired) electrons. The van der Waals surface area contributed by atoms with Gasteiger partial charge in [0.2, 0.25) is 0 Å². The van der Waals surface area contributed by atoms with E-state index < -0.39 is 18.7 Å². The zero-order valence-electron chi connectivity index (χ0n) is 17.9. The Hall–Kier alpha value is -1.67. The number of anilines is 2. The van der Waals surface area contributed by atoms with E-state index in [1.165, 1.54) is 0 Å². The minimum Gasteiger partial charge on any atom is -0.435 e. The van der Waals surface area contributed by atoms with E-state index in [-0.39, 0.29) is 12.5 Å². The van der Waals surface area contributed by atoms with Gasteiger partial charge < -0.3 is 16.2 Å². The molecule has 1 fully saturated rings. The number of aryl methyl sites for hydroxylation is 1. The van der Waals surface area contributed by atoms with Crippen molar-refractivity contribution in [1.82, 2.24) is 0 Å². The number of quaternary nitrogens is 1. The molecule has 0 aromatic heterocycles. The van der Waals surface area contributed by atoms with Crippen LogP contribution in [0.4, 0.5) is 29.3 Å². The second-order valence-electron chi connectivity index (χ2n) is 8.45. The fraction of sp³-hybridized carbons (Fsp3) is 0.682. The molecule has 2 rings (SSSR count). The summed E-state index contributed by atoms with van der Waals surface area (Å²) in [7, 11) is 0.